The molecule has 1 heterocycles. The average Bonchev–Trinajstić information content (AvgIpc) is 2.89. The molecule has 2 aromatic carbocycles. The largest absolute Gasteiger partial charge is 0.356 e. The molecule has 0 aliphatic carbocycles. The summed E-state index contributed by atoms with van der Waals surface area (Å²) in [6, 6.07) is 13.9. The predicted molar refractivity (Wildman–Crippen MR) is 85.5 cm³/mol. The van der Waals surface area contributed by atoms with Crippen molar-refractivity contribution in [1.82, 2.24) is 10.5 Å². The molecular weight excluding hydrogens is 276 g/mol. The van der Waals surface area contributed by atoms with E-state index in [9.17, 15) is 4.79 Å². The van der Waals surface area contributed by atoms with E-state index in [1.807, 2.05) is 50.2 Å². The van der Waals surface area contributed by atoms with Gasteiger partial charge in [-0.2, -0.15) is 0 Å². The summed E-state index contributed by atoms with van der Waals surface area (Å²) in [6.45, 7) is 4.55. The Bertz CT molecular complexity index is 807. The Balaban J connectivity index is 1.72. The Labute approximate surface area is 129 Å². The van der Waals surface area contributed by atoms with Crippen LogP contribution in [0.25, 0.3) is 11.0 Å². The third kappa shape index (κ3) is 3.01. The third-order valence-electron chi connectivity index (χ3n) is 3.65. The SMILES string of the molecule is Cc1cc(C)c2c(CC(=O)NCc3ccccc3)noc2c1. The maximum atomic E-state index is 12.1. The molecule has 0 saturated carbocycles. The molecule has 22 heavy (non-hydrogen) atoms. The smallest absolute Gasteiger partial charge is 0.226 e. The minimum Gasteiger partial charge on any atom is -0.356 e. The van der Waals surface area contributed by atoms with Gasteiger partial charge in [0.25, 0.3) is 0 Å². The van der Waals surface area contributed by atoms with Crippen molar-refractivity contribution in [2.45, 2.75) is 26.8 Å². The third-order valence-corrected chi connectivity index (χ3v) is 3.65. The highest BCUT2D eigenvalue weighted by molar-refractivity contribution is 5.88. The Hall–Kier alpha value is -2.62. The zero-order valence-electron chi connectivity index (χ0n) is 12.7. The standard InChI is InChI=1S/C18H18N2O2/c1-12-8-13(2)18-15(20-22-16(18)9-12)10-17(21)19-11-14-6-4-3-5-7-14/h3-9H,10-11H2,1-2H3,(H,19,21). The zero-order chi connectivity index (χ0) is 15.5. The molecule has 112 valence electrons. The Morgan fingerprint density at radius 1 is 1.18 bits per heavy atom. The van der Waals surface area contributed by atoms with E-state index in [0.717, 1.165) is 27.7 Å². The fourth-order valence-electron chi connectivity index (χ4n) is 2.65. The van der Waals surface area contributed by atoms with Crippen molar-refractivity contribution in [2.75, 3.05) is 0 Å². The Morgan fingerprint density at radius 3 is 2.73 bits per heavy atom. The molecule has 4 nitrogen and oxygen atoms in total. The van der Waals surface area contributed by atoms with E-state index < -0.39 is 0 Å². The molecule has 0 aliphatic rings. The molecule has 1 amide bonds. The maximum Gasteiger partial charge on any atom is 0.226 e. The fraction of sp³-hybridized carbons (Fsp3) is 0.222. The highest BCUT2D eigenvalue weighted by atomic mass is 16.5. The van der Waals surface area contributed by atoms with Crippen molar-refractivity contribution in [3.8, 4) is 0 Å². The Morgan fingerprint density at radius 2 is 1.95 bits per heavy atom. The fourth-order valence-corrected chi connectivity index (χ4v) is 2.65. The summed E-state index contributed by atoms with van der Waals surface area (Å²) >= 11 is 0. The quantitative estimate of drug-likeness (QED) is 0.803. The lowest BCUT2D eigenvalue weighted by molar-refractivity contribution is -0.120. The lowest BCUT2D eigenvalue weighted by Gasteiger charge is -2.04. The molecule has 0 atom stereocenters. The molecule has 0 spiro atoms. The second-order valence-electron chi connectivity index (χ2n) is 5.52. The summed E-state index contributed by atoms with van der Waals surface area (Å²) in [5.41, 5.74) is 4.72. The maximum absolute atomic E-state index is 12.1. The normalized spacial score (nSPS) is 10.8. The van der Waals surface area contributed by atoms with E-state index in [0.29, 0.717) is 12.2 Å². The van der Waals surface area contributed by atoms with E-state index in [2.05, 4.69) is 16.5 Å². The second-order valence-corrected chi connectivity index (χ2v) is 5.52. The number of carbonyl (C=O) groups excluding carboxylic acids is 1. The topological polar surface area (TPSA) is 55.1 Å². The lowest BCUT2D eigenvalue weighted by Crippen LogP contribution is -2.24. The van der Waals surface area contributed by atoms with Crippen LogP contribution >= 0.6 is 0 Å². The number of hydrogen-bond acceptors (Lipinski definition) is 3. The van der Waals surface area contributed by atoms with Crippen LogP contribution in [0.2, 0.25) is 0 Å². The summed E-state index contributed by atoms with van der Waals surface area (Å²) in [5.74, 6) is -0.0565. The molecule has 3 aromatic rings. The summed E-state index contributed by atoms with van der Waals surface area (Å²) in [4.78, 5) is 12.1. The summed E-state index contributed by atoms with van der Waals surface area (Å²) in [5, 5.41) is 7.91. The number of nitrogens with one attached hydrogen (secondary N) is 1. The molecule has 0 fully saturated rings. The van der Waals surface area contributed by atoms with Crippen molar-refractivity contribution in [2.24, 2.45) is 0 Å². The minimum atomic E-state index is -0.0565. The number of rotatable bonds is 4. The minimum absolute atomic E-state index is 0.0565. The van der Waals surface area contributed by atoms with Crippen LogP contribution in [0.1, 0.15) is 22.4 Å². The first-order valence-electron chi connectivity index (χ1n) is 7.29. The van der Waals surface area contributed by atoms with Crippen LogP contribution in [0.5, 0.6) is 0 Å². The highest BCUT2D eigenvalue weighted by Gasteiger charge is 2.14. The summed E-state index contributed by atoms with van der Waals surface area (Å²) < 4.78 is 5.34. The van der Waals surface area contributed by atoms with Gasteiger partial charge in [0, 0.05) is 11.9 Å². The number of nitrogens with zero attached hydrogens (tertiary/aromatic N) is 1. The molecule has 4 heteroatoms. The van der Waals surface area contributed by atoms with Crippen molar-refractivity contribution in [3.63, 3.8) is 0 Å². The number of aryl methyl sites for hydroxylation is 2. The monoisotopic (exact) mass is 294 g/mol. The molecule has 1 aromatic heterocycles. The van der Waals surface area contributed by atoms with Gasteiger partial charge in [-0.15, -0.1) is 0 Å². The predicted octanol–water partition coefficient (Wildman–Crippen LogP) is 3.30. The number of hydrogen-bond donors (Lipinski definition) is 1. The molecular formula is C18H18N2O2. The first-order valence-corrected chi connectivity index (χ1v) is 7.29. The number of carbonyl (C=O) groups is 1. The van der Waals surface area contributed by atoms with Crippen LogP contribution in [0, 0.1) is 13.8 Å². The van der Waals surface area contributed by atoms with Gasteiger partial charge in [0.15, 0.2) is 5.58 Å². The molecule has 0 bridgehead atoms. The first kappa shape index (κ1) is 14.3. The lowest BCUT2D eigenvalue weighted by atomic mass is 10.0. The van der Waals surface area contributed by atoms with Crippen molar-refractivity contribution >= 4 is 16.9 Å². The van der Waals surface area contributed by atoms with Crippen LogP contribution in [-0.4, -0.2) is 11.1 Å². The van der Waals surface area contributed by atoms with E-state index in [4.69, 9.17) is 4.52 Å². The zero-order valence-corrected chi connectivity index (χ0v) is 12.7. The van der Waals surface area contributed by atoms with Crippen LogP contribution in [0.4, 0.5) is 0 Å². The van der Waals surface area contributed by atoms with E-state index >= 15 is 0 Å². The van der Waals surface area contributed by atoms with Gasteiger partial charge in [-0.25, -0.2) is 0 Å². The van der Waals surface area contributed by atoms with E-state index in [-0.39, 0.29) is 12.3 Å². The van der Waals surface area contributed by atoms with Crippen LogP contribution < -0.4 is 5.32 Å². The first-order chi connectivity index (χ1) is 10.6. The summed E-state index contributed by atoms with van der Waals surface area (Å²) in [7, 11) is 0. The molecule has 0 saturated heterocycles. The van der Waals surface area contributed by atoms with Gasteiger partial charge in [-0.05, 0) is 36.6 Å². The van der Waals surface area contributed by atoms with Gasteiger partial charge in [0.1, 0.15) is 5.69 Å². The summed E-state index contributed by atoms with van der Waals surface area (Å²) in [6.07, 6.45) is 0.226. The van der Waals surface area contributed by atoms with Crippen LogP contribution in [-0.2, 0) is 17.8 Å². The van der Waals surface area contributed by atoms with E-state index in [1.165, 1.54) is 0 Å². The van der Waals surface area contributed by atoms with Crippen molar-refractivity contribution in [3.05, 3.63) is 64.8 Å². The number of fused-ring (bicyclic) bond motifs is 1. The molecule has 0 unspecified atom stereocenters. The van der Waals surface area contributed by atoms with E-state index in [1.54, 1.807) is 0 Å². The van der Waals surface area contributed by atoms with Gasteiger partial charge in [-0.3, -0.25) is 4.79 Å². The average molecular weight is 294 g/mol. The molecule has 0 radical (unpaired) electrons. The molecule has 3 rings (SSSR count). The van der Waals surface area contributed by atoms with Gasteiger partial charge in [0.05, 0.1) is 6.42 Å². The number of amides is 1. The van der Waals surface area contributed by atoms with Crippen molar-refractivity contribution < 1.29 is 9.32 Å². The Kier molecular flexibility index (Phi) is 3.92. The van der Waals surface area contributed by atoms with Gasteiger partial charge in [0.2, 0.25) is 5.91 Å². The van der Waals surface area contributed by atoms with Crippen molar-refractivity contribution in [1.29, 1.82) is 0 Å². The molecule has 1 N–H and O–H groups in total. The number of aromatic nitrogens is 1. The highest BCUT2D eigenvalue weighted by Crippen LogP contribution is 2.24. The van der Waals surface area contributed by atoms with Gasteiger partial charge < -0.3 is 9.84 Å². The molecule has 0 aliphatic heterocycles. The second kappa shape index (κ2) is 6.02. The van der Waals surface area contributed by atoms with Crippen LogP contribution in [0.3, 0.4) is 0 Å². The van der Waals surface area contributed by atoms with Gasteiger partial charge in [-0.1, -0.05) is 41.6 Å². The van der Waals surface area contributed by atoms with Crippen LogP contribution in [0.15, 0.2) is 47.0 Å². The van der Waals surface area contributed by atoms with Gasteiger partial charge >= 0.3 is 0 Å². The number of benzene rings is 2.